The molecule has 5 heteroatoms. The van der Waals surface area contributed by atoms with E-state index in [-0.39, 0.29) is 11.5 Å². The first-order chi connectivity index (χ1) is 8.20. The molecule has 1 N–H and O–H groups in total. The van der Waals surface area contributed by atoms with E-state index in [1.54, 1.807) is 0 Å². The van der Waals surface area contributed by atoms with E-state index in [4.69, 9.17) is 0 Å². The Balaban J connectivity index is 1.80. The number of hydrogen-bond acceptors (Lipinski definition) is 5. The van der Waals surface area contributed by atoms with Crippen LogP contribution in [0.5, 0.6) is 0 Å². The van der Waals surface area contributed by atoms with Crippen LogP contribution in [0.1, 0.15) is 37.9 Å². The molecule has 2 aliphatic rings. The Morgan fingerprint density at radius 2 is 2.24 bits per heavy atom. The molecule has 1 aliphatic carbocycles. The highest BCUT2D eigenvalue weighted by atomic mass is 32.1. The molecular formula is C12H19N3OS. The summed E-state index contributed by atoms with van der Waals surface area (Å²) in [5.41, 5.74) is 0.137. The van der Waals surface area contributed by atoms with E-state index in [1.807, 2.05) is 6.92 Å². The molecule has 0 radical (unpaired) electrons. The van der Waals surface area contributed by atoms with Gasteiger partial charge < -0.3 is 10.0 Å². The van der Waals surface area contributed by atoms with Crippen LogP contribution in [0, 0.1) is 12.3 Å². The van der Waals surface area contributed by atoms with Crippen LogP contribution >= 0.6 is 11.5 Å². The van der Waals surface area contributed by atoms with Gasteiger partial charge in [0.15, 0.2) is 0 Å². The van der Waals surface area contributed by atoms with Gasteiger partial charge in [0.1, 0.15) is 5.82 Å². The summed E-state index contributed by atoms with van der Waals surface area (Å²) >= 11 is 1.48. The zero-order valence-corrected chi connectivity index (χ0v) is 11.0. The van der Waals surface area contributed by atoms with E-state index < -0.39 is 0 Å². The largest absolute Gasteiger partial charge is 0.392 e. The molecule has 4 nitrogen and oxygen atoms in total. The molecule has 3 rings (SSSR count). The summed E-state index contributed by atoms with van der Waals surface area (Å²) in [5, 5.41) is 11.2. The normalized spacial score (nSPS) is 33.5. The molecule has 94 valence electrons. The first-order valence-electron chi connectivity index (χ1n) is 6.43. The first kappa shape index (κ1) is 11.4. The van der Waals surface area contributed by atoms with Crippen molar-refractivity contribution >= 4 is 16.7 Å². The molecule has 0 bridgehead atoms. The quantitative estimate of drug-likeness (QED) is 0.831. The lowest BCUT2D eigenvalue weighted by Gasteiger charge is -2.42. The van der Waals surface area contributed by atoms with Gasteiger partial charge in [0.2, 0.25) is 5.13 Å². The first-order valence-corrected chi connectivity index (χ1v) is 7.20. The number of piperidine rings is 1. The number of aliphatic hydroxyl groups is 1. The fourth-order valence-corrected chi connectivity index (χ4v) is 4.03. The second-order valence-corrected chi connectivity index (χ2v) is 6.15. The topological polar surface area (TPSA) is 49.2 Å². The summed E-state index contributed by atoms with van der Waals surface area (Å²) in [5.74, 6) is 0.858. The van der Waals surface area contributed by atoms with Crippen molar-refractivity contribution in [2.45, 2.75) is 45.1 Å². The van der Waals surface area contributed by atoms with Crippen molar-refractivity contribution in [2.75, 3.05) is 18.0 Å². The summed E-state index contributed by atoms with van der Waals surface area (Å²) in [4.78, 5) is 6.79. The lowest BCUT2D eigenvalue weighted by atomic mass is 9.77. The second kappa shape index (κ2) is 4.21. The third-order valence-corrected chi connectivity index (χ3v) is 5.12. The number of anilines is 1. The van der Waals surface area contributed by atoms with Gasteiger partial charge in [0, 0.05) is 30.0 Å². The summed E-state index contributed by atoms with van der Waals surface area (Å²) < 4.78 is 4.25. The van der Waals surface area contributed by atoms with Crippen molar-refractivity contribution in [2.24, 2.45) is 5.41 Å². The van der Waals surface area contributed by atoms with E-state index >= 15 is 0 Å². The Morgan fingerprint density at radius 1 is 1.41 bits per heavy atom. The Bertz CT molecular complexity index is 408. The Hall–Kier alpha value is -0.680. The molecule has 0 aromatic carbocycles. The van der Waals surface area contributed by atoms with Gasteiger partial charge in [-0.15, -0.1) is 0 Å². The average Bonchev–Trinajstić information content (AvgIpc) is 2.88. The maximum atomic E-state index is 10.2. The van der Waals surface area contributed by atoms with E-state index in [2.05, 4.69) is 14.3 Å². The fourth-order valence-electron chi connectivity index (χ4n) is 3.33. The van der Waals surface area contributed by atoms with Crippen molar-refractivity contribution < 1.29 is 5.11 Å². The van der Waals surface area contributed by atoms with Gasteiger partial charge in [-0.25, -0.2) is 4.98 Å². The van der Waals surface area contributed by atoms with Crippen LogP contribution in [0.4, 0.5) is 5.13 Å². The predicted molar refractivity (Wildman–Crippen MR) is 68.4 cm³/mol. The predicted octanol–water partition coefficient (Wildman–Crippen LogP) is 1.98. The maximum Gasteiger partial charge on any atom is 0.205 e. The summed E-state index contributed by atoms with van der Waals surface area (Å²) in [6.07, 6.45) is 5.53. The minimum absolute atomic E-state index is 0.112. The molecule has 17 heavy (non-hydrogen) atoms. The van der Waals surface area contributed by atoms with Crippen molar-refractivity contribution in [1.29, 1.82) is 0 Å². The van der Waals surface area contributed by atoms with Crippen molar-refractivity contribution in [3.63, 3.8) is 0 Å². The lowest BCUT2D eigenvalue weighted by molar-refractivity contribution is 0.0409. The number of aliphatic hydroxyl groups excluding tert-OH is 1. The van der Waals surface area contributed by atoms with Gasteiger partial charge in [-0.2, -0.15) is 4.37 Å². The van der Waals surface area contributed by atoms with Gasteiger partial charge in [-0.05, 0) is 32.6 Å². The van der Waals surface area contributed by atoms with Crippen LogP contribution in [0.15, 0.2) is 0 Å². The molecule has 2 fully saturated rings. The molecule has 0 unspecified atom stereocenters. The third kappa shape index (κ3) is 1.95. The van der Waals surface area contributed by atoms with Crippen LogP contribution in [0.2, 0.25) is 0 Å². The Morgan fingerprint density at radius 3 is 2.88 bits per heavy atom. The summed E-state index contributed by atoms with van der Waals surface area (Å²) in [6, 6.07) is 0. The minimum Gasteiger partial charge on any atom is -0.392 e. The zero-order chi connectivity index (χ0) is 11.9. The second-order valence-electron chi connectivity index (χ2n) is 5.42. The van der Waals surface area contributed by atoms with Gasteiger partial charge in [0.05, 0.1) is 6.10 Å². The molecule has 1 saturated carbocycles. The highest BCUT2D eigenvalue weighted by Crippen LogP contribution is 2.45. The lowest BCUT2D eigenvalue weighted by Crippen LogP contribution is -2.47. The number of aryl methyl sites for hydroxylation is 1. The summed E-state index contributed by atoms with van der Waals surface area (Å²) in [6.45, 7) is 3.95. The van der Waals surface area contributed by atoms with Crippen LogP contribution in [0.3, 0.4) is 0 Å². The van der Waals surface area contributed by atoms with Crippen molar-refractivity contribution in [3.8, 4) is 0 Å². The van der Waals surface area contributed by atoms with Crippen LogP contribution in [-0.2, 0) is 0 Å². The van der Waals surface area contributed by atoms with E-state index in [0.717, 1.165) is 36.9 Å². The zero-order valence-electron chi connectivity index (χ0n) is 10.2. The van der Waals surface area contributed by atoms with Crippen LogP contribution in [-0.4, -0.2) is 33.7 Å². The molecule has 2 atom stereocenters. The van der Waals surface area contributed by atoms with Crippen LogP contribution < -0.4 is 4.90 Å². The smallest absolute Gasteiger partial charge is 0.205 e. The maximum absolute atomic E-state index is 10.2. The van der Waals surface area contributed by atoms with Crippen molar-refractivity contribution in [1.82, 2.24) is 9.36 Å². The van der Waals surface area contributed by atoms with Gasteiger partial charge in [-0.3, -0.25) is 0 Å². The third-order valence-electron chi connectivity index (χ3n) is 4.25. The fraction of sp³-hybridized carbons (Fsp3) is 0.833. The molecule has 0 amide bonds. The number of rotatable bonds is 1. The van der Waals surface area contributed by atoms with E-state index in [1.165, 1.54) is 30.8 Å². The van der Waals surface area contributed by atoms with Gasteiger partial charge in [-0.1, -0.05) is 6.42 Å². The average molecular weight is 253 g/mol. The number of hydrogen-bond donors (Lipinski definition) is 1. The number of nitrogens with zero attached hydrogens (tertiary/aromatic N) is 3. The molecule has 1 aliphatic heterocycles. The van der Waals surface area contributed by atoms with Crippen molar-refractivity contribution in [3.05, 3.63) is 5.82 Å². The van der Waals surface area contributed by atoms with E-state index in [0.29, 0.717) is 0 Å². The SMILES string of the molecule is Cc1nsc(N2CCC[C@]3(CCC[C@H]3O)C2)n1. The van der Waals surface area contributed by atoms with Gasteiger partial charge in [0.25, 0.3) is 0 Å². The molecule has 1 spiro atoms. The van der Waals surface area contributed by atoms with E-state index in [9.17, 15) is 5.11 Å². The molecule has 1 aromatic rings. The highest BCUT2D eigenvalue weighted by Gasteiger charge is 2.45. The summed E-state index contributed by atoms with van der Waals surface area (Å²) in [7, 11) is 0. The molecule has 1 aromatic heterocycles. The minimum atomic E-state index is -0.112. The Kier molecular flexibility index (Phi) is 2.83. The molecule has 2 heterocycles. The monoisotopic (exact) mass is 253 g/mol. The number of aromatic nitrogens is 2. The van der Waals surface area contributed by atoms with Gasteiger partial charge >= 0.3 is 0 Å². The standard InChI is InChI=1S/C12H19N3OS/c1-9-13-11(17-14-9)15-7-3-6-12(8-15)5-2-4-10(12)16/h10,16H,2-8H2,1H3/t10-,12-/m1/s1. The molecule has 1 saturated heterocycles. The Labute approximate surface area is 106 Å². The van der Waals surface area contributed by atoms with Crippen LogP contribution in [0.25, 0.3) is 0 Å². The molecular weight excluding hydrogens is 234 g/mol. The highest BCUT2D eigenvalue weighted by molar-refractivity contribution is 7.09.